The lowest BCUT2D eigenvalue weighted by Crippen LogP contribution is -2.14. The van der Waals surface area contributed by atoms with Crippen LogP contribution >= 0.6 is 0 Å². The summed E-state index contributed by atoms with van der Waals surface area (Å²) in [5.41, 5.74) is 4.42. The van der Waals surface area contributed by atoms with Crippen LogP contribution in [0.25, 0.3) is 0 Å². The van der Waals surface area contributed by atoms with Gasteiger partial charge in [-0.3, -0.25) is 4.68 Å². The highest BCUT2D eigenvalue weighted by molar-refractivity contribution is 5.35. The van der Waals surface area contributed by atoms with Crippen molar-refractivity contribution >= 4 is 0 Å². The molecule has 4 nitrogen and oxygen atoms in total. The molecule has 0 bridgehead atoms. The second-order valence-corrected chi connectivity index (χ2v) is 4.89. The van der Waals surface area contributed by atoms with E-state index < -0.39 is 0 Å². The molecule has 1 aliphatic rings. The SMILES string of the molecule is Cn1cnc(CNCc2ccc3c(c2)CCC3)n1. The Labute approximate surface area is 107 Å². The summed E-state index contributed by atoms with van der Waals surface area (Å²) in [5, 5.41) is 7.63. The summed E-state index contributed by atoms with van der Waals surface area (Å²) in [5.74, 6) is 0.846. The normalized spacial score (nSPS) is 13.8. The molecule has 0 saturated carbocycles. The molecule has 1 N–H and O–H groups in total. The predicted octanol–water partition coefficient (Wildman–Crippen LogP) is 1.59. The third-order valence-corrected chi connectivity index (χ3v) is 3.42. The molecule has 0 radical (unpaired) electrons. The van der Waals surface area contributed by atoms with Crippen LogP contribution in [0.1, 0.15) is 28.9 Å². The number of fused-ring (bicyclic) bond motifs is 1. The Hall–Kier alpha value is -1.68. The molecule has 4 heteroatoms. The molecule has 1 aromatic heterocycles. The first-order chi connectivity index (χ1) is 8.81. The Morgan fingerprint density at radius 2 is 2.11 bits per heavy atom. The second-order valence-electron chi connectivity index (χ2n) is 4.89. The van der Waals surface area contributed by atoms with Gasteiger partial charge in [-0.25, -0.2) is 4.98 Å². The first kappa shape index (κ1) is 11.4. The van der Waals surface area contributed by atoms with Crippen molar-refractivity contribution in [2.45, 2.75) is 32.4 Å². The Morgan fingerprint density at radius 1 is 1.22 bits per heavy atom. The first-order valence-corrected chi connectivity index (χ1v) is 6.47. The minimum absolute atomic E-state index is 0.720. The molecule has 0 atom stereocenters. The van der Waals surface area contributed by atoms with Gasteiger partial charge in [-0.05, 0) is 36.0 Å². The quantitative estimate of drug-likeness (QED) is 0.885. The molecule has 2 aromatic rings. The van der Waals surface area contributed by atoms with Crippen LogP contribution in [0.5, 0.6) is 0 Å². The monoisotopic (exact) mass is 242 g/mol. The highest BCUT2D eigenvalue weighted by atomic mass is 15.3. The summed E-state index contributed by atoms with van der Waals surface area (Å²) in [6.45, 7) is 1.60. The van der Waals surface area contributed by atoms with Crippen LogP contribution in [0.4, 0.5) is 0 Å². The number of aryl methyl sites for hydroxylation is 3. The van der Waals surface area contributed by atoms with Gasteiger partial charge in [0.1, 0.15) is 6.33 Å². The van der Waals surface area contributed by atoms with Crippen molar-refractivity contribution in [2.75, 3.05) is 0 Å². The van der Waals surface area contributed by atoms with E-state index in [2.05, 4.69) is 33.6 Å². The minimum Gasteiger partial charge on any atom is -0.306 e. The smallest absolute Gasteiger partial charge is 0.164 e. The third-order valence-electron chi connectivity index (χ3n) is 3.42. The maximum atomic E-state index is 4.24. The van der Waals surface area contributed by atoms with E-state index in [0.29, 0.717) is 0 Å². The average Bonchev–Trinajstić information content (AvgIpc) is 2.97. The lowest BCUT2D eigenvalue weighted by atomic mass is 10.1. The van der Waals surface area contributed by atoms with Crippen molar-refractivity contribution in [1.82, 2.24) is 20.1 Å². The molecule has 0 amide bonds. The maximum absolute atomic E-state index is 4.24. The van der Waals surface area contributed by atoms with Gasteiger partial charge >= 0.3 is 0 Å². The van der Waals surface area contributed by atoms with Crippen LogP contribution in [0, 0.1) is 0 Å². The predicted molar refractivity (Wildman–Crippen MR) is 70.0 cm³/mol. The van der Waals surface area contributed by atoms with Gasteiger partial charge in [0.15, 0.2) is 5.82 Å². The zero-order chi connectivity index (χ0) is 12.4. The Balaban J connectivity index is 1.57. The van der Waals surface area contributed by atoms with E-state index >= 15 is 0 Å². The Kier molecular flexibility index (Phi) is 3.11. The highest BCUT2D eigenvalue weighted by Crippen LogP contribution is 2.22. The standard InChI is InChI=1S/C14H18N4/c1-18-10-16-14(17-18)9-15-8-11-5-6-12-3-2-4-13(12)7-11/h5-7,10,15H,2-4,8-9H2,1H3. The second kappa shape index (κ2) is 4.90. The number of nitrogens with one attached hydrogen (secondary N) is 1. The molecular weight excluding hydrogens is 224 g/mol. The molecule has 18 heavy (non-hydrogen) atoms. The van der Waals surface area contributed by atoms with Gasteiger partial charge < -0.3 is 5.32 Å². The topological polar surface area (TPSA) is 42.7 Å². The number of hydrogen-bond donors (Lipinski definition) is 1. The molecule has 1 aliphatic carbocycles. The van der Waals surface area contributed by atoms with Crippen LogP contribution in [-0.4, -0.2) is 14.8 Å². The number of aromatic nitrogens is 3. The molecule has 0 fully saturated rings. The minimum atomic E-state index is 0.720. The van der Waals surface area contributed by atoms with Crippen LogP contribution in [0.15, 0.2) is 24.5 Å². The lowest BCUT2D eigenvalue weighted by Gasteiger charge is -2.05. The highest BCUT2D eigenvalue weighted by Gasteiger charge is 2.10. The molecule has 0 saturated heterocycles. The van der Waals surface area contributed by atoms with Gasteiger partial charge in [0.05, 0.1) is 6.54 Å². The summed E-state index contributed by atoms with van der Waals surface area (Å²) in [4.78, 5) is 4.19. The summed E-state index contributed by atoms with van der Waals surface area (Å²) in [6, 6.07) is 6.84. The van der Waals surface area contributed by atoms with Crippen molar-refractivity contribution in [1.29, 1.82) is 0 Å². The zero-order valence-corrected chi connectivity index (χ0v) is 10.7. The van der Waals surface area contributed by atoms with Crippen LogP contribution < -0.4 is 5.32 Å². The Morgan fingerprint density at radius 3 is 2.94 bits per heavy atom. The summed E-state index contributed by atoms with van der Waals surface area (Å²) in [7, 11) is 1.89. The fraction of sp³-hybridized carbons (Fsp3) is 0.429. The van der Waals surface area contributed by atoms with Crippen molar-refractivity contribution in [3.05, 3.63) is 47.0 Å². The molecule has 0 spiro atoms. The fourth-order valence-electron chi connectivity index (χ4n) is 2.52. The van der Waals surface area contributed by atoms with Gasteiger partial charge in [0, 0.05) is 13.6 Å². The summed E-state index contributed by atoms with van der Waals surface area (Å²) in [6.07, 6.45) is 5.53. The molecule has 1 heterocycles. The van der Waals surface area contributed by atoms with E-state index in [1.54, 1.807) is 11.0 Å². The van der Waals surface area contributed by atoms with E-state index in [4.69, 9.17) is 0 Å². The van der Waals surface area contributed by atoms with Gasteiger partial charge in [-0.1, -0.05) is 18.2 Å². The van der Waals surface area contributed by atoms with Crippen molar-refractivity contribution < 1.29 is 0 Å². The zero-order valence-electron chi connectivity index (χ0n) is 10.7. The molecule has 94 valence electrons. The molecule has 1 aromatic carbocycles. The number of hydrogen-bond acceptors (Lipinski definition) is 3. The first-order valence-electron chi connectivity index (χ1n) is 6.47. The number of rotatable bonds is 4. The Bertz CT molecular complexity index is 544. The molecule has 0 unspecified atom stereocenters. The van der Waals surface area contributed by atoms with E-state index in [0.717, 1.165) is 18.9 Å². The van der Waals surface area contributed by atoms with Crippen molar-refractivity contribution in [3.63, 3.8) is 0 Å². The van der Waals surface area contributed by atoms with Crippen LogP contribution in [0.2, 0.25) is 0 Å². The van der Waals surface area contributed by atoms with E-state index in [1.165, 1.54) is 36.0 Å². The number of nitrogens with zero attached hydrogens (tertiary/aromatic N) is 3. The summed E-state index contributed by atoms with van der Waals surface area (Å²) < 4.78 is 1.73. The molecule has 0 aliphatic heterocycles. The summed E-state index contributed by atoms with van der Waals surface area (Å²) >= 11 is 0. The van der Waals surface area contributed by atoms with Crippen molar-refractivity contribution in [2.24, 2.45) is 7.05 Å². The molecule has 3 rings (SSSR count). The number of benzene rings is 1. The van der Waals surface area contributed by atoms with Gasteiger partial charge in [0.25, 0.3) is 0 Å². The van der Waals surface area contributed by atoms with E-state index in [1.807, 2.05) is 7.05 Å². The van der Waals surface area contributed by atoms with Gasteiger partial charge in [0.2, 0.25) is 0 Å². The maximum Gasteiger partial charge on any atom is 0.164 e. The van der Waals surface area contributed by atoms with Gasteiger partial charge in [-0.15, -0.1) is 0 Å². The van der Waals surface area contributed by atoms with Gasteiger partial charge in [-0.2, -0.15) is 5.10 Å². The van der Waals surface area contributed by atoms with Crippen LogP contribution in [-0.2, 0) is 33.0 Å². The lowest BCUT2D eigenvalue weighted by molar-refractivity contribution is 0.649. The largest absolute Gasteiger partial charge is 0.306 e. The van der Waals surface area contributed by atoms with Crippen LogP contribution in [0.3, 0.4) is 0 Å². The third kappa shape index (κ3) is 2.43. The van der Waals surface area contributed by atoms with E-state index in [9.17, 15) is 0 Å². The van der Waals surface area contributed by atoms with Crippen molar-refractivity contribution in [3.8, 4) is 0 Å². The molecular formula is C14H18N4. The fourth-order valence-corrected chi connectivity index (χ4v) is 2.52. The van der Waals surface area contributed by atoms with E-state index in [-0.39, 0.29) is 0 Å². The average molecular weight is 242 g/mol.